The van der Waals surface area contributed by atoms with Crippen molar-refractivity contribution in [3.8, 4) is 5.75 Å². The number of anilines is 2. The number of aliphatic hydroxyl groups excluding tert-OH is 1. The molecule has 3 aliphatic carbocycles. The lowest BCUT2D eigenvalue weighted by Crippen LogP contribution is -2.39. The van der Waals surface area contributed by atoms with E-state index in [-0.39, 0.29) is 47.5 Å². The molecule has 4 atom stereocenters. The van der Waals surface area contributed by atoms with Crippen LogP contribution in [0, 0.1) is 17.8 Å². The monoisotopic (exact) mass is 720 g/mol. The van der Waals surface area contributed by atoms with Gasteiger partial charge in [0, 0.05) is 48.5 Å². The predicted molar refractivity (Wildman–Crippen MR) is 187 cm³/mol. The van der Waals surface area contributed by atoms with Crippen LogP contribution in [0.25, 0.3) is 0 Å². The molecule has 3 aromatic rings. The van der Waals surface area contributed by atoms with E-state index in [0.29, 0.717) is 45.9 Å². The van der Waals surface area contributed by atoms with E-state index in [9.17, 15) is 24.3 Å². The van der Waals surface area contributed by atoms with E-state index in [1.54, 1.807) is 36.4 Å². The van der Waals surface area contributed by atoms with Crippen molar-refractivity contribution < 1.29 is 29.0 Å². The highest BCUT2D eigenvalue weighted by molar-refractivity contribution is 9.12. The zero-order valence-corrected chi connectivity index (χ0v) is 28.5. The van der Waals surface area contributed by atoms with Gasteiger partial charge in [-0.2, -0.15) is 10.2 Å². The highest BCUT2D eigenvalue weighted by Gasteiger charge is 2.57. The van der Waals surface area contributed by atoms with Crippen molar-refractivity contribution in [3.63, 3.8) is 0 Å². The molecule has 11 heteroatoms. The van der Waals surface area contributed by atoms with Gasteiger partial charge in [0.2, 0.25) is 11.8 Å². The summed E-state index contributed by atoms with van der Waals surface area (Å²) < 4.78 is 6.05. The molecule has 1 aliphatic heterocycles. The van der Waals surface area contributed by atoms with Crippen LogP contribution in [0.5, 0.6) is 5.75 Å². The van der Waals surface area contributed by atoms with Gasteiger partial charge >= 0.3 is 0 Å². The van der Waals surface area contributed by atoms with Crippen molar-refractivity contribution >= 4 is 62.1 Å². The highest BCUT2D eigenvalue weighted by atomic mass is 79.9. The third kappa shape index (κ3) is 5.76. The van der Waals surface area contributed by atoms with Crippen LogP contribution in [-0.2, 0) is 19.2 Å². The van der Waals surface area contributed by atoms with Crippen LogP contribution >= 0.6 is 15.9 Å². The van der Waals surface area contributed by atoms with Gasteiger partial charge < -0.3 is 14.7 Å². The van der Waals surface area contributed by atoms with Crippen LogP contribution in [-0.4, -0.2) is 55.8 Å². The van der Waals surface area contributed by atoms with Crippen LogP contribution in [0.4, 0.5) is 22.7 Å². The lowest BCUT2D eigenvalue weighted by molar-refractivity contribution is -0.123. The number of aliphatic hydroxyl groups is 1. The standard InChI is InChI=1S/C38H33BrN4O6/c1-42(2)23-11-7-21(8-12-23)40-41-22-9-13-24(14-10-22)43-37(47)27-16-15-25-28(34(27)38(43)48)19-29-35(31(45)20-30(39)36(29)46)33(25)26-5-3-4-6-32(26)49-18-17-44/h3-15,20,27-28,33-34,44H,16-19H2,1-2H3/t27-,28+,33+,34-/m0/s1. The number of carbonyl (C=O) groups is 4. The number of allylic oxidation sites excluding steroid dienone is 6. The van der Waals surface area contributed by atoms with Crippen molar-refractivity contribution in [1.29, 1.82) is 0 Å². The van der Waals surface area contributed by atoms with Crippen LogP contribution in [0.2, 0.25) is 0 Å². The largest absolute Gasteiger partial charge is 0.491 e. The first-order chi connectivity index (χ1) is 23.7. The smallest absolute Gasteiger partial charge is 0.238 e. The van der Waals surface area contributed by atoms with E-state index in [1.165, 1.54) is 11.0 Å². The molecule has 0 radical (unpaired) electrons. The number of carbonyl (C=O) groups excluding carboxylic acids is 4. The van der Waals surface area contributed by atoms with Gasteiger partial charge in [0.25, 0.3) is 0 Å². The molecule has 0 unspecified atom stereocenters. The molecule has 0 bridgehead atoms. The summed E-state index contributed by atoms with van der Waals surface area (Å²) in [6, 6.07) is 21.7. The quantitative estimate of drug-likeness (QED) is 0.122. The van der Waals surface area contributed by atoms with E-state index in [2.05, 4.69) is 26.2 Å². The first-order valence-corrected chi connectivity index (χ1v) is 16.9. The minimum Gasteiger partial charge on any atom is -0.491 e. The average Bonchev–Trinajstić information content (AvgIpc) is 3.37. The number of Topliss-reactive ketones (excluding diaryl/α,β-unsaturated/α-hetero) is 1. The van der Waals surface area contributed by atoms with Gasteiger partial charge in [-0.3, -0.25) is 24.1 Å². The second-order valence-corrected chi connectivity index (χ2v) is 13.5. The summed E-state index contributed by atoms with van der Waals surface area (Å²) in [7, 11) is 3.93. The number of amides is 2. The summed E-state index contributed by atoms with van der Waals surface area (Å²) in [6.45, 7) is -0.149. The molecule has 248 valence electrons. The molecule has 7 rings (SSSR count). The van der Waals surface area contributed by atoms with E-state index < -0.39 is 23.7 Å². The molecule has 0 saturated carbocycles. The van der Waals surface area contributed by atoms with Crippen LogP contribution in [0.15, 0.2) is 116 Å². The lowest BCUT2D eigenvalue weighted by Gasteiger charge is -2.42. The maximum absolute atomic E-state index is 14.3. The second-order valence-electron chi connectivity index (χ2n) is 12.6. The molecule has 0 aromatic heterocycles. The summed E-state index contributed by atoms with van der Waals surface area (Å²) in [4.78, 5) is 58.6. The molecule has 49 heavy (non-hydrogen) atoms. The van der Waals surface area contributed by atoms with E-state index >= 15 is 0 Å². The number of azo groups is 1. The fourth-order valence-corrected chi connectivity index (χ4v) is 7.87. The summed E-state index contributed by atoms with van der Waals surface area (Å²) in [5.74, 6) is -3.22. The number of benzene rings is 3. The summed E-state index contributed by atoms with van der Waals surface area (Å²) in [5, 5.41) is 18.1. The van der Waals surface area contributed by atoms with Gasteiger partial charge in [0.05, 0.1) is 40.0 Å². The summed E-state index contributed by atoms with van der Waals surface area (Å²) in [6.07, 6.45) is 3.75. The topological polar surface area (TPSA) is 129 Å². The molecular weight excluding hydrogens is 688 g/mol. The lowest BCUT2D eigenvalue weighted by atomic mass is 9.59. The minimum atomic E-state index is -0.716. The van der Waals surface area contributed by atoms with Gasteiger partial charge in [-0.25, -0.2) is 0 Å². The highest BCUT2D eigenvalue weighted by Crippen LogP contribution is 2.56. The Hall–Kier alpha value is -5.00. The maximum atomic E-state index is 14.3. The number of nitrogens with zero attached hydrogens (tertiary/aromatic N) is 4. The van der Waals surface area contributed by atoms with Crippen LogP contribution in [0.1, 0.15) is 24.3 Å². The molecule has 1 N–H and O–H groups in total. The normalized spacial score (nSPS) is 23.3. The predicted octanol–water partition coefficient (Wildman–Crippen LogP) is 6.51. The van der Waals surface area contributed by atoms with E-state index in [1.807, 2.05) is 61.5 Å². The Balaban J connectivity index is 1.20. The van der Waals surface area contributed by atoms with Crippen molar-refractivity contribution in [3.05, 3.63) is 112 Å². The van der Waals surface area contributed by atoms with Gasteiger partial charge in [0.1, 0.15) is 12.4 Å². The summed E-state index contributed by atoms with van der Waals surface area (Å²) in [5.41, 5.74) is 4.94. The first kappa shape index (κ1) is 32.5. The summed E-state index contributed by atoms with van der Waals surface area (Å²) >= 11 is 3.27. The molecule has 1 fully saturated rings. The average molecular weight is 722 g/mol. The Morgan fingerprint density at radius 2 is 1.57 bits per heavy atom. The number of hydrogen-bond acceptors (Lipinski definition) is 9. The third-order valence-corrected chi connectivity index (χ3v) is 10.3. The first-order valence-electron chi connectivity index (χ1n) is 16.1. The minimum absolute atomic E-state index is 0.0487. The number of ketones is 2. The Morgan fingerprint density at radius 3 is 2.24 bits per heavy atom. The fourth-order valence-electron chi connectivity index (χ4n) is 7.42. The second kappa shape index (κ2) is 13.1. The molecular formula is C38H33BrN4O6. The Bertz CT molecular complexity index is 2000. The Kier molecular flexibility index (Phi) is 8.72. The van der Waals surface area contributed by atoms with Crippen molar-refractivity contribution in [1.82, 2.24) is 0 Å². The molecule has 1 saturated heterocycles. The molecule has 3 aromatic carbocycles. The van der Waals surface area contributed by atoms with Gasteiger partial charge in [-0.15, -0.1) is 0 Å². The number of imide groups is 1. The number of fused-ring (bicyclic) bond motifs is 3. The van der Waals surface area contributed by atoms with Gasteiger partial charge in [0.15, 0.2) is 11.6 Å². The Morgan fingerprint density at radius 1 is 0.898 bits per heavy atom. The van der Waals surface area contributed by atoms with Gasteiger partial charge in [-0.1, -0.05) is 29.8 Å². The van der Waals surface area contributed by atoms with E-state index in [0.717, 1.165) is 11.3 Å². The number of para-hydroxylation sites is 1. The zero-order chi connectivity index (χ0) is 34.4. The zero-order valence-electron chi connectivity index (χ0n) is 26.9. The molecule has 0 spiro atoms. The number of hydrogen-bond donors (Lipinski definition) is 1. The van der Waals surface area contributed by atoms with Crippen LogP contribution in [0.3, 0.4) is 0 Å². The fraction of sp³-hybridized carbons (Fsp3) is 0.263. The number of ether oxygens (including phenoxy) is 1. The van der Waals surface area contributed by atoms with Crippen molar-refractivity contribution in [2.45, 2.75) is 18.8 Å². The molecule has 10 nitrogen and oxygen atoms in total. The Labute approximate surface area is 291 Å². The molecule has 2 amide bonds. The van der Waals surface area contributed by atoms with Crippen LogP contribution < -0.4 is 14.5 Å². The molecule has 1 heterocycles. The SMILES string of the molecule is CN(C)c1ccc(N=Nc2ccc(N3C(=O)[C@H]4[C@H](CC=C5[C@H](c6ccccc6OCCO)C6=C(C[C@H]54)C(=O)C(Br)=CC6=O)C3=O)cc2)cc1. The van der Waals surface area contributed by atoms with E-state index in [4.69, 9.17) is 4.74 Å². The maximum Gasteiger partial charge on any atom is 0.238 e. The van der Waals surface area contributed by atoms with Crippen molar-refractivity contribution in [2.24, 2.45) is 28.0 Å². The number of rotatable bonds is 8. The third-order valence-electron chi connectivity index (χ3n) is 9.67. The molecule has 4 aliphatic rings. The van der Waals surface area contributed by atoms with Crippen molar-refractivity contribution in [2.75, 3.05) is 37.1 Å². The number of halogens is 1. The van der Waals surface area contributed by atoms with Gasteiger partial charge in [-0.05, 0) is 89.3 Å².